The Kier molecular flexibility index (Phi) is 4.98. The van der Waals surface area contributed by atoms with Crippen molar-refractivity contribution in [3.8, 4) is 0 Å². The van der Waals surface area contributed by atoms with E-state index in [2.05, 4.69) is 30.2 Å². The Bertz CT molecular complexity index is 710. The molecule has 1 N–H and O–H groups in total. The fraction of sp³-hybridized carbons (Fsp3) is 0.529. The molecule has 0 aromatic carbocycles. The van der Waals surface area contributed by atoms with Gasteiger partial charge < -0.3 is 19.6 Å². The molecule has 25 heavy (non-hydrogen) atoms. The summed E-state index contributed by atoms with van der Waals surface area (Å²) in [5, 5.41) is 7.02. The molecular weight excluding hydrogens is 320 g/mol. The summed E-state index contributed by atoms with van der Waals surface area (Å²) in [4.78, 5) is 25.6. The third-order valence-corrected chi connectivity index (χ3v) is 4.45. The van der Waals surface area contributed by atoms with Crippen LogP contribution in [0.4, 0.5) is 5.95 Å². The van der Waals surface area contributed by atoms with Crippen LogP contribution in [0.15, 0.2) is 23.0 Å². The molecule has 0 bridgehead atoms. The summed E-state index contributed by atoms with van der Waals surface area (Å²) in [6.07, 6.45) is 3.47. The maximum Gasteiger partial charge on any atom is 0.257 e. The van der Waals surface area contributed by atoms with Crippen molar-refractivity contribution < 1.29 is 9.32 Å². The molecule has 0 unspecified atom stereocenters. The molecule has 8 heteroatoms. The van der Waals surface area contributed by atoms with Gasteiger partial charge in [0, 0.05) is 37.9 Å². The molecule has 1 aliphatic heterocycles. The Hall–Kier alpha value is -2.48. The summed E-state index contributed by atoms with van der Waals surface area (Å²) in [5.74, 6) is 1.38. The maximum atomic E-state index is 12.7. The van der Waals surface area contributed by atoms with Gasteiger partial charge in [-0.25, -0.2) is 9.97 Å². The molecule has 3 heterocycles. The highest BCUT2D eigenvalue weighted by Crippen LogP contribution is 2.22. The Balaban J connectivity index is 1.76. The minimum atomic E-state index is -0.138. The summed E-state index contributed by atoms with van der Waals surface area (Å²) in [7, 11) is 4.07. The van der Waals surface area contributed by atoms with Crippen LogP contribution in [0.5, 0.6) is 0 Å². The molecule has 2 aromatic heterocycles. The lowest BCUT2D eigenvalue weighted by Crippen LogP contribution is -2.43. The monoisotopic (exact) mass is 344 g/mol. The number of aromatic nitrogens is 3. The van der Waals surface area contributed by atoms with Crippen LogP contribution in [0, 0.1) is 19.8 Å². The van der Waals surface area contributed by atoms with Crippen molar-refractivity contribution in [1.29, 1.82) is 0 Å². The Morgan fingerprint density at radius 3 is 2.64 bits per heavy atom. The molecule has 0 saturated carbocycles. The number of rotatable bonds is 5. The number of nitrogens with zero attached hydrogens (tertiary/aromatic N) is 5. The van der Waals surface area contributed by atoms with Gasteiger partial charge in [0.2, 0.25) is 5.95 Å². The highest BCUT2D eigenvalue weighted by Gasteiger charge is 2.36. The van der Waals surface area contributed by atoms with Gasteiger partial charge in [-0.2, -0.15) is 0 Å². The topological polar surface area (TPSA) is 87.4 Å². The normalized spacial score (nSPS) is 20.3. The van der Waals surface area contributed by atoms with Gasteiger partial charge in [0.1, 0.15) is 11.3 Å². The van der Waals surface area contributed by atoms with Crippen molar-refractivity contribution in [3.63, 3.8) is 0 Å². The molecule has 2 aromatic rings. The van der Waals surface area contributed by atoms with E-state index in [1.165, 1.54) is 0 Å². The van der Waals surface area contributed by atoms with Crippen LogP contribution in [-0.4, -0.2) is 65.7 Å². The van der Waals surface area contributed by atoms with E-state index >= 15 is 0 Å². The van der Waals surface area contributed by atoms with Gasteiger partial charge in [-0.15, -0.1) is 0 Å². The first kappa shape index (κ1) is 17.3. The predicted molar refractivity (Wildman–Crippen MR) is 93.5 cm³/mol. The van der Waals surface area contributed by atoms with Crippen molar-refractivity contribution in [2.45, 2.75) is 19.9 Å². The lowest BCUT2D eigenvalue weighted by molar-refractivity contribution is 0.0926. The smallest absolute Gasteiger partial charge is 0.257 e. The van der Waals surface area contributed by atoms with Crippen LogP contribution < -0.4 is 10.2 Å². The Morgan fingerprint density at radius 1 is 1.32 bits per heavy atom. The number of aryl methyl sites for hydroxylation is 2. The number of anilines is 1. The second-order valence-corrected chi connectivity index (χ2v) is 6.76. The van der Waals surface area contributed by atoms with E-state index in [1.807, 2.05) is 14.1 Å². The molecule has 134 valence electrons. The summed E-state index contributed by atoms with van der Waals surface area (Å²) in [6.45, 7) is 5.88. The number of hydrogen-bond donors (Lipinski definition) is 1. The zero-order chi connectivity index (χ0) is 18.0. The van der Waals surface area contributed by atoms with Gasteiger partial charge in [0.25, 0.3) is 5.91 Å². The van der Waals surface area contributed by atoms with Gasteiger partial charge in [-0.1, -0.05) is 5.16 Å². The first-order valence-electron chi connectivity index (χ1n) is 8.36. The maximum absolute atomic E-state index is 12.7. The van der Waals surface area contributed by atoms with Crippen molar-refractivity contribution >= 4 is 11.9 Å². The average molecular weight is 344 g/mol. The molecule has 1 aliphatic rings. The first-order chi connectivity index (χ1) is 12.0. The molecule has 8 nitrogen and oxygen atoms in total. The van der Waals surface area contributed by atoms with Crippen LogP contribution in [0.3, 0.4) is 0 Å². The summed E-state index contributed by atoms with van der Waals surface area (Å²) >= 11 is 0. The van der Waals surface area contributed by atoms with E-state index < -0.39 is 0 Å². The molecule has 1 saturated heterocycles. The van der Waals surface area contributed by atoms with Crippen molar-refractivity contribution in [3.05, 3.63) is 35.5 Å². The predicted octanol–water partition coefficient (Wildman–Crippen LogP) is 0.878. The Labute approximate surface area is 147 Å². The highest BCUT2D eigenvalue weighted by atomic mass is 16.5. The van der Waals surface area contributed by atoms with E-state index in [0.29, 0.717) is 29.5 Å². The number of amides is 1. The van der Waals surface area contributed by atoms with Crippen molar-refractivity contribution in [1.82, 2.24) is 25.3 Å². The van der Waals surface area contributed by atoms with Gasteiger partial charge in [-0.3, -0.25) is 4.79 Å². The molecule has 0 radical (unpaired) electrons. The van der Waals surface area contributed by atoms with E-state index in [4.69, 9.17) is 4.52 Å². The van der Waals surface area contributed by atoms with E-state index in [0.717, 1.165) is 13.1 Å². The molecule has 1 amide bonds. The largest absolute Gasteiger partial charge is 0.361 e. The third-order valence-electron chi connectivity index (χ3n) is 4.45. The van der Waals surface area contributed by atoms with Gasteiger partial charge in [0.05, 0.1) is 11.7 Å². The fourth-order valence-electron chi connectivity index (χ4n) is 3.35. The average Bonchev–Trinajstić information content (AvgIpc) is 3.11. The number of carbonyl (C=O) groups is 1. The number of hydrogen-bond acceptors (Lipinski definition) is 7. The van der Waals surface area contributed by atoms with Crippen LogP contribution in [0.1, 0.15) is 21.8 Å². The zero-order valence-electron chi connectivity index (χ0n) is 15.1. The first-order valence-corrected chi connectivity index (χ1v) is 8.36. The number of nitrogens with one attached hydrogen (secondary N) is 1. The molecule has 0 spiro atoms. The second-order valence-electron chi connectivity index (χ2n) is 6.76. The van der Waals surface area contributed by atoms with E-state index in [9.17, 15) is 4.79 Å². The summed E-state index contributed by atoms with van der Waals surface area (Å²) in [6, 6.07) is 1.81. The molecular formula is C17H24N6O2. The summed E-state index contributed by atoms with van der Waals surface area (Å²) in [5.41, 5.74) is 1.14. The standard InChI is InChI=1S/C17H24N6O2/c1-11-15(12(2)25-21-11)16(24)20-14-10-23(9-13(14)8-22(3)4)17-18-6-5-7-19-17/h5-7,13-14H,8-10H2,1-4H3,(H,20,24)/t13-,14-/m1/s1. The minimum Gasteiger partial charge on any atom is -0.361 e. The van der Waals surface area contributed by atoms with Crippen LogP contribution >= 0.6 is 0 Å². The van der Waals surface area contributed by atoms with Gasteiger partial charge in [0.15, 0.2) is 0 Å². The second kappa shape index (κ2) is 7.18. The fourth-order valence-corrected chi connectivity index (χ4v) is 3.35. The van der Waals surface area contributed by atoms with Crippen LogP contribution in [0.2, 0.25) is 0 Å². The van der Waals surface area contributed by atoms with E-state index in [-0.39, 0.29) is 17.9 Å². The summed E-state index contributed by atoms with van der Waals surface area (Å²) < 4.78 is 5.11. The molecule has 3 rings (SSSR count). The van der Waals surface area contributed by atoms with E-state index in [1.54, 1.807) is 32.3 Å². The minimum absolute atomic E-state index is 0.00686. The third kappa shape index (κ3) is 3.79. The SMILES string of the molecule is Cc1noc(C)c1C(=O)N[C@@H]1CN(c2ncccn2)C[C@H]1CN(C)C. The highest BCUT2D eigenvalue weighted by molar-refractivity contribution is 5.96. The van der Waals surface area contributed by atoms with Crippen LogP contribution in [0.25, 0.3) is 0 Å². The number of carbonyl (C=O) groups excluding carboxylic acids is 1. The van der Waals surface area contributed by atoms with Gasteiger partial charge in [-0.05, 0) is 34.0 Å². The molecule has 0 aliphatic carbocycles. The molecule has 1 fully saturated rings. The van der Waals surface area contributed by atoms with Crippen molar-refractivity contribution in [2.24, 2.45) is 5.92 Å². The Morgan fingerprint density at radius 2 is 2.04 bits per heavy atom. The lowest BCUT2D eigenvalue weighted by atomic mass is 10.0. The van der Waals surface area contributed by atoms with Crippen LogP contribution in [-0.2, 0) is 0 Å². The lowest BCUT2D eigenvalue weighted by Gasteiger charge is -2.22. The van der Waals surface area contributed by atoms with Crippen molar-refractivity contribution in [2.75, 3.05) is 38.6 Å². The quantitative estimate of drug-likeness (QED) is 0.861. The van der Waals surface area contributed by atoms with Gasteiger partial charge >= 0.3 is 0 Å². The molecule has 2 atom stereocenters. The zero-order valence-corrected chi connectivity index (χ0v) is 15.1.